The highest BCUT2D eigenvalue weighted by Gasteiger charge is 2.21. The number of rotatable bonds is 1. The lowest BCUT2D eigenvalue weighted by atomic mass is 9.95. The Morgan fingerprint density at radius 2 is 2.00 bits per heavy atom. The summed E-state index contributed by atoms with van der Waals surface area (Å²) in [6.07, 6.45) is 1.76. The summed E-state index contributed by atoms with van der Waals surface area (Å²) in [7, 11) is 0. The fourth-order valence-electron chi connectivity index (χ4n) is 1.47. The van der Waals surface area contributed by atoms with E-state index in [1.807, 2.05) is 51.1 Å². The van der Waals surface area contributed by atoms with Crippen LogP contribution in [-0.2, 0) is 4.79 Å². The highest BCUT2D eigenvalue weighted by atomic mass is 16.2. The number of amides is 1. The van der Waals surface area contributed by atoms with Crippen molar-refractivity contribution in [2.24, 2.45) is 5.41 Å². The van der Waals surface area contributed by atoms with E-state index < -0.39 is 0 Å². The molecule has 3 heteroatoms. The quantitative estimate of drug-likeness (QED) is 0.814. The summed E-state index contributed by atoms with van der Waals surface area (Å²) in [5, 5.41) is 3.93. The summed E-state index contributed by atoms with van der Waals surface area (Å²) in [5.41, 5.74) is 1.36. The summed E-state index contributed by atoms with van der Waals surface area (Å²) < 4.78 is 0. The number of hydrogen-bond donors (Lipinski definition) is 1. The molecule has 0 atom stereocenters. The number of nitrogens with zero attached hydrogens (tertiary/aromatic N) is 1. The van der Waals surface area contributed by atoms with Crippen molar-refractivity contribution >= 4 is 22.5 Å². The number of anilines is 1. The number of benzene rings is 1. The number of carbonyl (C=O) groups excluding carboxylic acids is 1. The summed E-state index contributed by atoms with van der Waals surface area (Å²) in [5.74, 6) is 0.0146. The van der Waals surface area contributed by atoms with E-state index in [0.717, 1.165) is 16.6 Å². The van der Waals surface area contributed by atoms with Gasteiger partial charge < -0.3 is 5.32 Å². The topological polar surface area (TPSA) is 42.0 Å². The Morgan fingerprint density at radius 1 is 1.24 bits per heavy atom. The zero-order chi connectivity index (χ0) is 12.5. The zero-order valence-electron chi connectivity index (χ0n) is 10.3. The van der Waals surface area contributed by atoms with E-state index in [-0.39, 0.29) is 11.3 Å². The molecule has 0 aliphatic rings. The minimum absolute atomic E-state index is 0.0146. The van der Waals surface area contributed by atoms with Gasteiger partial charge in [0.2, 0.25) is 5.91 Å². The molecule has 0 aliphatic heterocycles. The predicted molar refractivity (Wildman–Crippen MR) is 69.8 cm³/mol. The molecule has 1 heterocycles. The first-order valence-corrected chi connectivity index (χ1v) is 5.63. The van der Waals surface area contributed by atoms with Crippen LogP contribution in [0, 0.1) is 5.41 Å². The Balaban J connectivity index is 2.29. The van der Waals surface area contributed by atoms with Crippen LogP contribution < -0.4 is 5.32 Å². The van der Waals surface area contributed by atoms with E-state index in [1.54, 1.807) is 6.20 Å². The maximum Gasteiger partial charge on any atom is 0.229 e. The molecule has 17 heavy (non-hydrogen) atoms. The fourth-order valence-corrected chi connectivity index (χ4v) is 1.47. The van der Waals surface area contributed by atoms with E-state index in [2.05, 4.69) is 10.3 Å². The molecule has 0 unspecified atom stereocenters. The van der Waals surface area contributed by atoms with Gasteiger partial charge in [-0.05, 0) is 24.3 Å². The van der Waals surface area contributed by atoms with Gasteiger partial charge in [0.25, 0.3) is 0 Å². The van der Waals surface area contributed by atoms with Gasteiger partial charge in [0.05, 0.1) is 5.52 Å². The molecule has 1 N–H and O–H groups in total. The van der Waals surface area contributed by atoms with Crippen LogP contribution >= 0.6 is 0 Å². The molecule has 0 saturated heterocycles. The number of carbonyl (C=O) groups is 1. The lowest BCUT2D eigenvalue weighted by Gasteiger charge is -2.17. The van der Waals surface area contributed by atoms with Crippen molar-refractivity contribution < 1.29 is 4.79 Å². The SMILES string of the molecule is CC(C)(C)C(=O)Nc1ccc2ncccc2c1. The molecular formula is C14H16N2O. The van der Waals surface area contributed by atoms with Crippen molar-refractivity contribution in [2.45, 2.75) is 20.8 Å². The number of aromatic nitrogens is 1. The van der Waals surface area contributed by atoms with Crippen molar-refractivity contribution in [1.29, 1.82) is 0 Å². The Hall–Kier alpha value is -1.90. The molecule has 0 bridgehead atoms. The molecule has 0 fully saturated rings. The van der Waals surface area contributed by atoms with E-state index in [0.29, 0.717) is 0 Å². The third-order valence-corrected chi connectivity index (χ3v) is 2.54. The van der Waals surface area contributed by atoms with Gasteiger partial charge in [0, 0.05) is 22.7 Å². The van der Waals surface area contributed by atoms with Gasteiger partial charge in [-0.3, -0.25) is 9.78 Å². The highest BCUT2D eigenvalue weighted by molar-refractivity contribution is 5.96. The molecule has 88 valence electrons. The largest absolute Gasteiger partial charge is 0.326 e. The van der Waals surface area contributed by atoms with Crippen molar-refractivity contribution in [3.63, 3.8) is 0 Å². The molecule has 1 aromatic heterocycles. The Morgan fingerprint density at radius 3 is 2.71 bits per heavy atom. The van der Waals surface area contributed by atoms with Gasteiger partial charge in [-0.25, -0.2) is 0 Å². The zero-order valence-corrected chi connectivity index (χ0v) is 10.3. The average molecular weight is 228 g/mol. The van der Waals surface area contributed by atoms with Crippen LogP contribution in [0.3, 0.4) is 0 Å². The van der Waals surface area contributed by atoms with Crippen LogP contribution in [0.25, 0.3) is 10.9 Å². The second-order valence-electron chi connectivity index (χ2n) is 5.12. The van der Waals surface area contributed by atoms with Crippen molar-refractivity contribution in [2.75, 3.05) is 5.32 Å². The first-order valence-electron chi connectivity index (χ1n) is 5.63. The molecule has 2 rings (SSSR count). The molecule has 1 amide bonds. The van der Waals surface area contributed by atoms with Crippen LogP contribution in [0.5, 0.6) is 0 Å². The standard InChI is InChI=1S/C14H16N2O/c1-14(2,3)13(17)16-11-6-7-12-10(9-11)5-4-8-15-12/h4-9H,1-3H3,(H,16,17). The maximum atomic E-state index is 11.8. The van der Waals surface area contributed by atoms with Gasteiger partial charge in [-0.1, -0.05) is 26.8 Å². The average Bonchev–Trinajstić information content (AvgIpc) is 2.27. The molecule has 1 aromatic carbocycles. The summed E-state index contributed by atoms with van der Waals surface area (Å²) in [6.45, 7) is 5.68. The van der Waals surface area contributed by atoms with Gasteiger partial charge in [-0.15, -0.1) is 0 Å². The summed E-state index contributed by atoms with van der Waals surface area (Å²) >= 11 is 0. The normalized spacial score (nSPS) is 11.5. The van der Waals surface area contributed by atoms with Crippen molar-refractivity contribution in [3.05, 3.63) is 36.5 Å². The molecule has 0 spiro atoms. The van der Waals surface area contributed by atoms with E-state index in [9.17, 15) is 4.79 Å². The molecule has 2 aromatic rings. The maximum absolute atomic E-state index is 11.8. The highest BCUT2D eigenvalue weighted by Crippen LogP contribution is 2.20. The van der Waals surface area contributed by atoms with Crippen molar-refractivity contribution in [1.82, 2.24) is 4.98 Å². The number of fused-ring (bicyclic) bond motifs is 1. The minimum atomic E-state index is -0.385. The first kappa shape index (κ1) is 11.6. The van der Waals surface area contributed by atoms with Crippen LogP contribution in [-0.4, -0.2) is 10.9 Å². The van der Waals surface area contributed by atoms with Gasteiger partial charge >= 0.3 is 0 Å². The first-order chi connectivity index (χ1) is 7.97. The van der Waals surface area contributed by atoms with Crippen LogP contribution in [0.1, 0.15) is 20.8 Å². The number of nitrogens with one attached hydrogen (secondary N) is 1. The molecular weight excluding hydrogens is 212 g/mol. The lowest BCUT2D eigenvalue weighted by Crippen LogP contribution is -2.27. The second-order valence-corrected chi connectivity index (χ2v) is 5.12. The van der Waals surface area contributed by atoms with Crippen LogP contribution in [0.4, 0.5) is 5.69 Å². The van der Waals surface area contributed by atoms with Crippen LogP contribution in [0.2, 0.25) is 0 Å². The monoisotopic (exact) mass is 228 g/mol. The molecule has 3 nitrogen and oxygen atoms in total. The van der Waals surface area contributed by atoms with Gasteiger partial charge in [0.15, 0.2) is 0 Å². The van der Waals surface area contributed by atoms with Gasteiger partial charge in [0.1, 0.15) is 0 Å². The minimum Gasteiger partial charge on any atom is -0.326 e. The number of pyridine rings is 1. The van der Waals surface area contributed by atoms with Crippen LogP contribution in [0.15, 0.2) is 36.5 Å². The molecule has 0 saturated carbocycles. The molecule has 0 aliphatic carbocycles. The Kier molecular flexibility index (Phi) is 2.84. The summed E-state index contributed by atoms with van der Waals surface area (Å²) in [6, 6.07) is 9.59. The smallest absolute Gasteiger partial charge is 0.229 e. The summed E-state index contributed by atoms with van der Waals surface area (Å²) in [4.78, 5) is 16.1. The van der Waals surface area contributed by atoms with Gasteiger partial charge in [-0.2, -0.15) is 0 Å². The Labute approximate surface area is 101 Å². The van der Waals surface area contributed by atoms with E-state index in [1.165, 1.54) is 0 Å². The second kappa shape index (κ2) is 4.17. The van der Waals surface area contributed by atoms with E-state index in [4.69, 9.17) is 0 Å². The third-order valence-electron chi connectivity index (χ3n) is 2.54. The number of hydrogen-bond acceptors (Lipinski definition) is 2. The fraction of sp³-hybridized carbons (Fsp3) is 0.286. The van der Waals surface area contributed by atoms with E-state index >= 15 is 0 Å². The molecule has 0 radical (unpaired) electrons. The predicted octanol–water partition coefficient (Wildman–Crippen LogP) is 3.22. The van der Waals surface area contributed by atoms with Crippen molar-refractivity contribution in [3.8, 4) is 0 Å². The Bertz CT molecular complexity index is 555. The lowest BCUT2D eigenvalue weighted by molar-refractivity contribution is -0.123. The third kappa shape index (κ3) is 2.61.